The van der Waals surface area contributed by atoms with Crippen LogP contribution in [-0.2, 0) is 6.42 Å². The number of rotatable bonds is 4. The van der Waals surface area contributed by atoms with Gasteiger partial charge in [-0.3, -0.25) is 9.59 Å². The molecule has 0 aliphatic carbocycles. The first kappa shape index (κ1) is 19.3. The number of carbonyl (C=O) groups is 1. The fourth-order valence-electron chi connectivity index (χ4n) is 4.54. The Kier molecular flexibility index (Phi) is 4.89. The number of fused-ring (bicyclic) bond motifs is 1. The molecule has 0 bridgehead atoms. The number of carbonyl (C=O) groups excluding carboxylic acids is 1. The van der Waals surface area contributed by atoms with Crippen molar-refractivity contribution in [3.05, 3.63) is 76.0 Å². The largest absolute Gasteiger partial charge is 0.361 e. The van der Waals surface area contributed by atoms with Gasteiger partial charge < -0.3 is 9.88 Å². The van der Waals surface area contributed by atoms with Crippen molar-refractivity contribution in [2.24, 2.45) is 0 Å². The van der Waals surface area contributed by atoms with Crippen molar-refractivity contribution in [2.45, 2.75) is 32.1 Å². The maximum absolute atomic E-state index is 13.3. The quantitative estimate of drug-likeness (QED) is 0.534. The van der Waals surface area contributed by atoms with Gasteiger partial charge in [-0.05, 0) is 42.9 Å². The predicted molar refractivity (Wildman–Crippen MR) is 118 cm³/mol. The van der Waals surface area contributed by atoms with E-state index in [1.807, 2.05) is 17.9 Å². The fourth-order valence-corrected chi connectivity index (χ4v) is 4.54. The van der Waals surface area contributed by atoms with Crippen LogP contribution < -0.4 is 5.56 Å². The molecule has 5 rings (SSSR count). The Bertz CT molecular complexity index is 1270. The maximum atomic E-state index is 13.3. The molecule has 31 heavy (non-hydrogen) atoms. The monoisotopic (exact) mass is 416 g/mol. The highest BCUT2D eigenvalue weighted by atomic mass is 16.2. The van der Waals surface area contributed by atoms with Gasteiger partial charge in [0.25, 0.3) is 11.5 Å². The average molecular weight is 416 g/mol. The van der Waals surface area contributed by atoms with Gasteiger partial charge in [0.1, 0.15) is 0 Å². The van der Waals surface area contributed by atoms with E-state index in [4.69, 9.17) is 0 Å². The van der Waals surface area contributed by atoms with Crippen molar-refractivity contribution < 1.29 is 4.79 Å². The summed E-state index contributed by atoms with van der Waals surface area (Å²) in [6, 6.07) is 11.4. The number of likely N-dealkylation sites (tertiary alicyclic amines) is 1. The first-order valence-corrected chi connectivity index (χ1v) is 10.6. The Morgan fingerprint density at radius 1 is 1.16 bits per heavy atom. The van der Waals surface area contributed by atoms with Crippen molar-refractivity contribution in [1.29, 1.82) is 0 Å². The molecule has 158 valence electrons. The summed E-state index contributed by atoms with van der Waals surface area (Å²) < 4.78 is 1.63. The summed E-state index contributed by atoms with van der Waals surface area (Å²) in [4.78, 5) is 29.9. The third-order valence-electron chi connectivity index (χ3n) is 6.16. The van der Waals surface area contributed by atoms with E-state index in [-0.39, 0.29) is 11.5 Å². The maximum Gasteiger partial charge on any atom is 0.264 e. The summed E-state index contributed by atoms with van der Waals surface area (Å²) in [7, 11) is 0. The zero-order valence-corrected chi connectivity index (χ0v) is 17.3. The Morgan fingerprint density at radius 2 is 1.97 bits per heavy atom. The highest BCUT2D eigenvalue weighted by Gasteiger charge is 2.28. The number of piperidine rings is 1. The molecule has 1 aliphatic rings. The van der Waals surface area contributed by atoms with Gasteiger partial charge in [0.2, 0.25) is 0 Å². The van der Waals surface area contributed by atoms with E-state index in [9.17, 15) is 9.59 Å². The number of nitrogens with one attached hydrogen (secondary N) is 2. The molecular weight excluding hydrogens is 392 g/mol. The minimum Gasteiger partial charge on any atom is -0.361 e. The van der Waals surface area contributed by atoms with E-state index in [1.165, 1.54) is 17.0 Å². The van der Waals surface area contributed by atoms with Crippen LogP contribution in [0.15, 0.2) is 53.6 Å². The highest BCUT2D eigenvalue weighted by molar-refractivity contribution is 5.95. The Hall–Kier alpha value is -3.68. The minimum absolute atomic E-state index is 0.00454. The summed E-state index contributed by atoms with van der Waals surface area (Å²) in [5.41, 5.74) is 3.62. The lowest BCUT2D eigenvalue weighted by Gasteiger charge is -2.32. The van der Waals surface area contributed by atoms with Gasteiger partial charge in [-0.25, -0.2) is 9.78 Å². The number of aromatic amines is 2. The van der Waals surface area contributed by atoms with Crippen molar-refractivity contribution in [1.82, 2.24) is 29.9 Å². The molecular formula is C23H24N6O2. The van der Waals surface area contributed by atoms with Crippen LogP contribution in [0.1, 0.15) is 47.3 Å². The highest BCUT2D eigenvalue weighted by Crippen LogP contribution is 2.33. The number of para-hydroxylation sites is 1. The first-order valence-electron chi connectivity index (χ1n) is 10.6. The molecule has 0 atom stereocenters. The van der Waals surface area contributed by atoms with Crippen molar-refractivity contribution in [2.75, 3.05) is 13.1 Å². The van der Waals surface area contributed by atoms with E-state index in [0.29, 0.717) is 36.8 Å². The molecule has 0 radical (unpaired) electrons. The van der Waals surface area contributed by atoms with Crippen LogP contribution in [0, 0.1) is 0 Å². The van der Waals surface area contributed by atoms with Gasteiger partial charge >= 0.3 is 0 Å². The average Bonchev–Trinajstić information content (AvgIpc) is 3.43. The van der Waals surface area contributed by atoms with Gasteiger partial charge in [-0.2, -0.15) is 10.2 Å². The number of hydrogen-bond acceptors (Lipinski definition) is 4. The number of benzene rings is 1. The van der Waals surface area contributed by atoms with E-state index in [0.717, 1.165) is 24.1 Å². The Labute approximate surface area is 178 Å². The second-order valence-corrected chi connectivity index (χ2v) is 7.91. The fraction of sp³-hybridized carbons (Fsp3) is 0.304. The van der Waals surface area contributed by atoms with E-state index < -0.39 is 0 Å². The lowest BCUT2D eigenvalue weighted by atomic mass is 9.89. The van der Waals surface area contributed by atoms with E-state index >= 15 is 0 Å². The molecule has 0 saturated carbocycles. The summed E-state index contributed by atoms with van der Waals surface area (Å²) in [5.74, 6) is 0.942. The van der Waals surface area contributed by atoms with E-state index in [2.05, 4.69) is 44.7 Å². The zero-order valence-electron chi connectivity index (χ0n) is 17.3. The number of hydrogen-bond donors (Lipinski definition) is 2. The minimum atomic E-state index is -0.275. The first-order chi connectivity index (χ1) is 15.2. The van der Waals surface area contributed by atoms with Gasteiger partial charge in [0.05, 0.1) is 17.5 Å². The third kappa shape index (κ3) is 3.43. The smallest absolute Gasteiger partial charge is 0.264 e. The summed E-state index contributed by atoms with van der Waals surface area (Å²) in [6.45, 7) is 3.42. The standard InChI is InChI=1S/C23H24N6O2/c1-2-20-18(14-25-29(20)21-7-8-22(30)27-26-21)23(31)28-11-9-15(10-12-28)17-13-24-19-6-4-3-5-16(17)19/h3-8,13-15,24H,2,9-12H2,1H3,(H,27,30). The van der Waals surface area contributed by atoms with Gasteiger partial charge in [0.15, 0.2) is 5.82 Å². The van der Waals surface area contributed by atoms with Crippen LogP contribution in [0.3, 0.4) is 0 Å². The predicted octanol–water partition coefficient (Wildman–Crippen LogP) is 3.02. The van der Waals surface area contributed by atoms with Crippen LogP contribution in [0.2, 0.25) is 0 Å². The number of aromatic nitrogens is 5. The van der Waals surface area contributed by atoms with Gasteiger partial charge in [0, 0.05) is 36.3 Å². The summed E-state index contributed by atoms with van der Waals surface area (Å²) >= 11 is 0. The van der Waals surface area contributed by atoms with Crippen molar-refractivity contribution >= 4 is 16.8 Å². The lowest BCUT2D eigenvalue weighted by Crippen LogP contribution is -2.38. The Balaban J connectivity index is 1.34. The van der Waals surface area contributed by atoms with Crippen LogP contribution in [0.5, 0.6) is 0 Å². The molecule has 3 aromatic heterocycles. The molecule has 1 aliphatic heterocycles. The molecule has 4 heterocycles. The summed E-state index contributed by atoms with van der Waals surface area (Å²) in [5, 5.41) is 12.1. The SMILES string of the molecule is CCc1c(C(=O)N2CCC(c3c[nH]c4ccccc34)CC2)cnn1-c1ccc(=O)[nH]n1. The third-order valence-corrected chi connectivity index (χ3v) is 6.16. The molecule has 1 amide bonds. The van der Waals surface area contributed by atoms with Crippen LogP contribution in [-0.4, -0.2) is 48.9 Å². The van der Waals surface area contributed by atoms with Crippen LogP contribution in [0.4, 0.5) is 0 Å². The number of nitrogens with zero attached hydrogens (tertiary/aromatic N) is 4. The number of H-pyrrole nitrogens is 2. The molecule has 2 N–H and O–H groups in total. The van der Waals surface area contributed by atoms with Crippen LogP contribution >= 0.6 is 0 Å². The number of amides is 1. The van der Waals surface area contributed by atoms with Gasteiger partial charge in [-0.1, -0.05) is 25.1 Å². The lowest BCUT2D eigenvalue weighted by molar-refractivity contribution is 0.0712. The van der Waals surface area contributed by atoms with Crippen molar-refractivity contribution in [3.8, 4) is 5.82 Å². The molecule has 8 nitrogen and oxygen atoms in total. The van der Waals surface area contributed by atoms with Crippen LogP contribution in [0.25, 0.3) is 16.7 Å². The van der Waals surface area contributed by atoms with E-state index in [1.54, 1.807) is 16.9 Å². The molecule has 8 heteroatoms. The molecule has 1 saturated heterocycles. The second-order valence-electron chi connectivity index (χ2n) is 7.91. The molecule has 0 spiro atoms. The topological polar surface area (TPSA) is 99.7 Å². The normalized spacial score (nSPS) is 14.9. The second kappa shape index (κ2) is 7.86. The molecule has 1 aromatic carbocycles. The zero-order chi connectivity index (χ0) is 21.4. The molecule has 1 fully saturated rings. The van der Waals surface area contributed by atoms with Crippen molar-refractivity contribution in [3.63, 3.8) is 0 Å². The molecule has 4 aromatic rings. The summed E-state index contributed by atoms with van der Waals surface area (Å²) in [6.07, 6.45) is 6.23. The van der Waals surface area contributed by atoms with Gasteiger partial charge in [-0.15, -0.1) is 0 Å². The molecule has 0 unspecified atom stereocenters. The Morgan fingerprint density at radius 3 is 2.71 bits per heavy atom.